The molecule has 0 amide bonds. The second-order valence-electron chi connectivity index (χ2n) is 3.89. The molecule has 0 aliphatic carbocycles. The number of rotatable bonds is 6. The van der Waals surface area contributed by atoms with Crippen molar-refractivity contribution in [2.75, 3.05) is 12.4 Å². The fourth-order valence-electron chi connectivity index (χ4n) is 1.28. The highest BCUT2D eigenvalue weighted by atomic mass is 32.2. The van der Waals surface area contributed by atoms with E-state index in [0.29, 0.717) is 0 Å². The molecule has 0 bridgehead atoms. The van der Waals surface area contributed by atoms with Gasteiger partial charge in [0, 0.05) is 0 Å². The van der Waals surface area contributed by atoms with Gasteiger partial charge in [0.2, 0.25) is 0 Å². The first-order valence-corrected chi connectivity index (χ1v) is 6.55. The van der Waals surface area contributed by atoms with E-state index in [1.54, 1.807) is 0 Å². The minimum Gasteiger partial charge on any atom is -0.493 e. The lowest BCUT2D eigenvalue weighted by atomic mass is 10.2. The van der Waals surface area contributed by atoms with Crippen LogP contribution in [0, 0.1) is 6.92 Å². The molecule has 1 aromatic rings. The van der Waals surface area contributed by atoms with Crippen molar-refractivity contribution >= 4 is 11.8 Å². The molecule has 1 rings (SSSR count). The average molecular weight is 224 g/mol. The highest BCUT2D eigenvalue weighted by molar-refractivity contribution is 7.99. The molecule has 0 saturated heterocycles. The molecule has 1 aromatic carbocycles. The molecular formula is C13H20OS. The highest BCUT2D eigenvalue weighted by Gasteiger charge is 1.98. The zero-order valence-electron chi connectivity index (χ0n) is 9.82. The third-order valence-electron chi connectivity index (χ3n) is 2.09. The topological polar surface area (TPSA) is 9.23 Å². The summed E-state index contributed by atoms with van der Waals surface area (Å²) in [5.41, 5.74) is 1.22. The van der Waals surface area contributed by atoms with E-state index in [-0.39, 0.29) is 0 Å². The summed E-state index contributed by atoms with van der Waals surface area (Å²) in [5, 5.41) is 0.725. The summed E-state index contributed by atoms with van der Waals surface area (Å²) in [6.07, 6.45) is 1.12. The number of benzene rings is 1. The standard InChI is InChI=1S/C13H20OS/c1-11(2)15-10-6-9-14-13-8-5-4-7-12(13)3/h4-5,7-8,11H,6,9-10H2,1-3H3. The number of ether oxygens (including phenoxy) is 1. The molecule has 0 atom stereocenters. The van der Waals surface area contributed by atoms with Gasteiger partial charge in [0.25, 0.3) is 0 Å². The Morgan fingerprint density at radius 3 is 2.67 bits per heavy atom. The van der Waals surface area contributed by atoms with Crippen LogP contribution in [0.1, 0.15) is 25.8 Å². The molecule has 0 spiro atoms. The van der Waals surface area contributed by atoms with Gasteiger partial charge >= 0.3 is 0 Å². The van der Waals surface area contributed by atoms with E-state index in [9.17, 15) is 0 Å². The molecule has 15 heavy (non-hydrogen) atoms. The van der Waals surface area contributed by atoms with Crippen molar-refractivity contribution in [3.05, 3.63) is 29.8 Å². The molecule has 0 N–H and O–H groups in total. The van der Waals surface area contributed by atoms with E-state index in [1.807, 2.05) is 30.0 Å². The molecule has 84 valence electrons. The third-order valence-corrected chi connectivity index (χ3v) is 3.28. The van der Waals surface area contributed by atoms with Gasteiger partial charge in [-0.2, -0.15) is 11.8 Å². The smallest absolute Gasteiger partial charge is 0.122 e. The van der Waals surface area contributed by atoms with Crippen molar-refractivity contribution in [3.8, 4) is 5.75 Å². The van der Waals surface area contributed by atoms with Crippen LogP contribution >= 0.6 is 11.8 Å². The van der Waals surface area contributed by atoms with Crippen LogP contribution in [0.15, 0.2) is 24.3 Å². The SMILES string of the molecule is Cc1ccccc1OCCCSC(C)C. The lowest BCUT2D eigenvalue weighted by Gasteiger charge is -2.09. The lowest BCUT2D eigenvalue weighted by molar-refractivity contribution is 0.316. The van der Waals surface area contributed by atoms with Crippen molar-refractivity contribution < 1.29 is 4.74 Å². The van der Waals surface area contributed by atoms with Crippen molar-refractivity contribution in [3.63, 3.8) is 0 Å². The number of thioether (sulfide) groups is 1. The molecular weight excluding hydrogens is 204 g/mol. The van der Waals surface area contributed by atoms with Crippen LogP contribution < -0.4 is 4.74 Å². The van der Waals surface area contributed by atoms with Crippen LogP contribution in [0.3, 0.4) is 0 Å². The zero-order valence-corrected chi connectivity index (χ0v) is 10.6. The Balaban J connectivity index is 2.18. The summed E-state index contributed by atoms with van der Waals surface area (Å²) < 4.78 is 5.71. The summed E-state index contributed by atoms with van der Waals surface area (Å²) in [4.78, 5) is 0. The van der Waals surface area contributed by atoms with Crippen molar-refractivity contribution in [2.45, 2.75) is 32.4 Å². The largest absolute Gasteiger partial charge is 0.493 e. The van der Waals surface area contributed by atoms with Crippen molar-refractivity contribution in [1.29, 1.82) is 0 Å². The molecule has 0 aliphatic rings. The van der Waals surface area contributed by atoms with Gasteiger partial charge in [0.05, 0.1) is 6.61 Å². The van der Waals surface area contributed by atoms with Crippen LogP contribution in [-0.2, 0) is 0 Å². The van der Waals surface area contributed by atoms with E-state index >= 15 is 0 Å². The van der Waals surface area contributed by atoms with E-state index in [2.05, 4.69) is 26.8 Å². The molecule has 0 heterocycles. The van der Waals surface area contributed by atoms with E-state index in [0.717, 1.165) is 24.0 Å². The van der Waals surface area contributed by atoms with Gasteiger partial charge in [0.1, 0.15) is 5.75 Å². The first-order chi connectivity index (χ1) is 7.20. The molecule has 1 nitrogen and oxygen atoms in total. The lowest BCUT2D eigenvalue weighted by Crippen LogP contribution is -2.01. The fourth-order valence-corrected chi connectivity index (χ4v) is 2.03. The average Bonchev–Trinajstić information content (AvgIpc) is 2.20. The third kappa shape index (κ3) is 5.12. The van der Waals surface area contributed by atoms with Crippen molar-refractivity contribution in [1.82, 2.24) is 0 Å². The van der Waals surface area contributed by atoms with E-state index in [4.69, 9.17) is 4.74 Å². The Morgan fingerprint density at radius 2 is 2.00 bits per heavy atom. The minimum absolute atomic E-state index is 0.725. The Hall–Kier alpha value is -0.630. The molecule has 0 saturated carbocycles. The summed E-state index contributed by atoms with van der Waals surface area (Å²) in [6.45, 7) is 7.36. The predicted octanol–water partition coefficient (Wildman–Crippen LogP) is 3.91. The summed E-state index contributed by atoms with van der Waals surface area (Å²) in [5.74, 6) is 2.20. The van der Waals surface area contributed by atoms with E-state index < -0.39 is 0 Å². The molecule has 2 heteroatoms. The molecule has 0 fully saturated rings. The maximum atomic E-state index is 5.71. The van der Waals surface area contributed by atoms with Gasteiger partial charge in [0.15, 0.2) is 0 Å². The number of aryl methyl sites for hydroxylation is 1. The number of hydrogen-bond donors (Lipinski definition) is 0. The normalized spacial score (nSPS) is 10.7. The van der Waals surface area contributed by atoms with E-state index in [1.165, 1.54) is 11.3 Å². The minimum atomic E-state index is 0.725. The Kier molecular flexibility index (Phi) is 5.62. The van der Waals surface area contributed by atoms with Crippen LogP contribution in [0.5, 0.6) is 5.75 Å². The van der Waals surface area contributed by atoms with Gasteiger partial charge in [-0.3, -0.25) is 0 Å². The van der Waals surface area contributed by atoms with Crippen LogP contribution in [-0.4, -0.2) is 17.6 Å². The number of para-hydroxylation sites is 1. The van der Waals surface area contributed by atoms with Crippen LogP contribution in [0.4, 0.5) is 0 Å². The summed E-state index contributed by atoms with van der Waals surface area (Å²) in [7, 11) is 0. The monoisotopic (exact) mass is 224 g/mol. The second kappa shape index (κ2) is 6.78. The Labute approximate surface area is 97.2 Å². The number of hydrogen-bond acceptors (Lipinski definition) is 2. The summed E-state index contributed by atoms with van der Waals surface area (Å²) in [6, 6.07) is 8.17. The highest BCUT2D eigenvalue weighted by Crippen LogP contribution is 2.17. The first kappa shape index (κ1) is 12.4. The first-order valence-electron chi connectivity index (χ1n) is 5.50. The molecule has 0 radical (unpaired) electrons. The van der Waals surface area contributed by atoms with Gasteiger partial charge in [-0.15, -0.1) is 0 Å². The Morgan fingerprint density at radius 1 is 1.27 bits per heavy atom. The molecule has 0 aliphatic heterocycles. The van der Waals surface area contributed by atoms with Crippen molar-refractivity contribution in [2.24, 2.45) is 0 Å². The second-order valence-corrected chi connectivity index (χ2v) is 5.57. The van der Waals surface area contributed by atoms with Crippen LogP contribution in [0.2, 0.25) is 0 Å². The fraction of sp³-hybridized carbons (Fsp3) is 0.538. The molecule has 0 unspecified atom stereocenters. The van der Waals surface area contributed by atoms with Crippen LogP contribution in [0.25, 0.3) is 0 Å². The van der Waals surface area contributed by atoms with Gasteiger partial charge in [-0.1, -0.05) is 32.0 Å². The maximum absolute atomic E-state index is 5.71. The van der Waals surface area contributed by atoms with Gasteiger partial charge in [-0.05, 0) is 36.0 Å². The van der Waals surface area contributed by atoms with Gasteiger partial charge < -0.3 is 4.74 Å². The zero-order chi connectivity index (χ0) is 11.1. The predicted molar refractivity (Wildman–Crippen MR) is 68.9 cm³/mol. The van der Waals surface area contributed by atoms with Gasteiger partial charge in [-0.25, -0.2) is 0 Å². The molecule has 0 aromatic heterocycles. The quantitative estimate of drug-likeness (QED) is 0.678. The maximum Gasteiger partial charge on any atom is 0.122 e. The Bertz CT molecular complexity index is 284. The summed E-state index contributed by atoms with van der Waals surface area (Å²) >= 11 is 1.99.